The molecule has 1 amide bonds. The van der Waals surface area contributed by atoms with Crippen LogP contribution in [-0.2, 0) is 4.79 Å². The van der Waals surface area contributed by atoms with Crippen molar-refractivity contribution >= 4 is 21.8 Å². The molecule has 0 aliphatic heterocycles. The van der Waals surface area contributed by atoms with Crippen LogP contribution in [0.2, 0.25) is 0 Å². The molecule has 2 saturated carbocycles. The molecule has 0 aromatic rings. The predicted molar refractivity (Wildman–Crippen MR) is 65.0 cm³/mol. The SMILES string of the molecule is O=C(CCCCBr)NCC1(C2CC2)CC1. The molecule has 2 aliphatic carbocycles. The van der Waals surface area contributed by atoms with Gasteiger partial charge in [-0.05, 0) is 49.9 Å². The summed E-state index contributed by atoms with van der Waals surface area (Å²) in [4.78, 5) is 11.5. The van der Waals surface area contributed by atoms with Crippen LogP contribution in [0.3, 0.4) is 0 Å². The van der Waals surface area contributed by atoms with Gasteiger partial charge in [0.25, 0.3) is 0 Å². The molecule has 0 aromatic heterocycles. The first-order chi connectivity index (χ1) is 7.27. The highest BCUT2D eigenvalue weighted by Crippen LogP contribution is 2.60. The van der Waals surface area contributed by atoms with E-state index in [1.807, 2.05) is 0 Å². The van der Waals surface area contributed by atoms with Crippen LogP contribution in [0.1, 0.15) is 44.9 Å². The van der Waals surface area contributed by atoms with E-state index in [9.17, 15) is 4.79 Å². The highest BCUT2D eigenvalue weighted by Gasteiger charge is 2.53. The third kappa shape index (κ3) is 3.20. The summed E-state index contributed by atoms with van der Waals surface area (Å²) in [6.45, 7) is 0.949. The molecule has 0 saturated heterocycles. The first kappa shape index (κ1) is 11.4. The minimum atomic E-state index is 0.253. The molecule has 2 fully saturated rings. The van der Waals surface area contributed by atoms with Crippen LogP contribution < -0.4 is 5.32 Å². The Morgan fingerprint density at radius 1 is 1.33 bits per heavy atom. The minimum absolute atomic E-state index is 0.253. The Hall–Kier alpha value is -0.0500. The van der Waals surface area contributed by atoms with Crippen molar-refractivity contribution in [3.8, 4) is 0 Å². The fourth-order valence-electron chi connectivity index (χ4n) is 2.33. The average Bonchev–Trinajstić information content (AvgIpc) is 3.06. The Balaban J connectivity index is 1.58. The topological polar surface area (TPSA) is 29.1 Å². The maximum atomic E-state index is 11.5. The van der Waals surface area contributed by atoms with Crippen LogP contribution in [0, 0.1) is 11.3 Å². The summed E-state index contributed by atoms with van der Waals surface area (Å²) in [6, 6.07) is 0. The van der Waals surface area contributed by atoms with Gasteiger partial charge in [0.05, 0.1) is 0 Å². The van der Waals surface area contributed by atoms with Crippen molar-refractivity contribution in [2.75, 3.05) is 11.9 Å². The second-order valence-electron chi connectivity index (χ2n) is 5.06. The second-order valence-corrected chi connectivity index (χ2v) is 5.85. The fourth-order valence-corrected chi connectivity index (χ4v) is 2.73. The molecule has 15 heavy (non-hydrogen) atoms. The van der Waals surface area contributed by atoms with E-state index in [1.54, 1.807) is 0 Å². The molecule has 0 atom stereocenters. The van der Waals surface area contributed by atoms with Crippen LogP contribution in [0.15, 0.2) is 0 Å². The van der Waals surface area contributed by atoms with Crippen LogP contribution in [0.25, 0.3) is 0 Å². The van der Waals surface area contributed by atoms with Gasteiger partial charge >= 0.3 is 0 Å². The number of hydrogen-bond acceptors (Lipinski definition) is 1. The molecule has 86 valence electrons. The van der Waals surface area contributed by atoms with E-state index in [4.69, 9.17) is 0 Å². The van der Waals surface area contributed by atoms with Crippen molar-refractivity contribution in [1.29, 1.82) is 0 Å². The zero-order valence-corrected chi connectivity index (χ0v) is 10.8. The normalized spacial score (nSPS) is 22.5. The predicted octanol–water partition coefficient (Wildman–Crippen LogP) is 2.86. The minimum Gasteiger partial charge on any atom is -0.356 e. The number of hydrogen-bond donors (Lipinski definition) is 1. The number of rotatable bonds is 7. The van der Waals surface area contributed by atoms with E-state index in [2.05, 4.69) is 21.2 Å². The molecule has 2 nitrogen and oxygen atoms in total. The monoisotopic (exact) mass is 273 g/mol. The Labute approximate surface area is 100 Å². The van der Waals surface area contributed by atoms with Gasteiger partial charge in [-0.2, -0.15) is 0 Å². The van der Waals surface area contributed by atoms with Crippen molar-refractivity contribution in [2.24, 2.45) is 11.3 Å². The lowest BCUT2D eigenvalue weighted by molar-refractivity contribution is -0.121. The van der Waals surface area contributed by atoms with E-state index < -0.39 is 0 Å². The van der Waals surface area contributed by atoms with Gasteiger partial charge in [-0.25, -0.2) is 0 Å². The van der Waals surface area contributed by atoms with Crippen LogP contribution in [0.5, 0.6) is 0 Å². The van der Waals surface area contributed by atoms with Crippen molar-refractivity contribution < 1.29 is 4.79 Å². The highest BCUT2D eigenvalue weighted by molar-refractivity contribution is 9.09. The van der Waals surface area contributed by atoms with Crippen molar-refractivity contribution in [1.82, 2.24) is 5.32 Å². The number of halogens is 1. The Bertz CT molecular complexity index is 234. The number of amides is 1. The molecule has 0 radical (unpaired) electrons. The Kier molecular flexibility index (Phi) is 3.70. The summed E-state index contributed by atoms with van der Waals surface area (Å²) < 4.78 is 0. The molecule has 0 aromatic carbocycles. The van der Waals surface area contributed by atoms with Crippen molar-refractivity contribution in [3.63, 3.8) is 0 Å². The number of carbonyl (C=O) groups is 1. The molecule has 2 aliphatic rings. The third-order valence-corrected chi connectivity index (χ3v) is 4.32. The second kappa shape index (κ2) is 4.86. The zero-order valence-electron chi connectivity index (χ0n) is 9.23. The number of nitrogens with one attached hydrogen (secondary N) is 1. The quantitative estimate of drug-likeness (QED) is 0.561. The van der Waals surface area contributed by atoms with Gasteiger partial charge in [0.2, 0.25) is 5.91 Å². The fraction of sp³-hybridized carbons (Fsp3) is 0.917. The van der Waals surface area contributed by atoms with Crippen LogP contribution in [-0.4, -0.2) is 17.8 Å². The molecule has 1 N–H and O–H groups in total. The standard InChI is InChI=1S/C12H20BrNO/c13-8-2-1-3-11(15)14-9-12(6-7-12)10-4-5-10/h10H,1-9H2,(H,14,15). The van der Waals surface area contributed by atoms with E-state index in [0.29, 0.717) is 11.8 Å². The van der Waals surface area contributed by atoms with Crippen LogP contribution in [0.4, 0.5) is 0 Å². The Morgan fingerprint density at radius 3 is 2.60 bits per heavy atom. The lowest BCUT2D eigenvalue weighted by Crippen LogP contribution is -2.30. The first-order valence-electron chi connectivity index (χ1n) is 6.09. The molecular weight excluding hydrogens is 254 g/mol. The summed E-state index contributed by atoms with van der Waals surface area (Å²) in [5.74, 6) is 1.20. The number of alkyl halides is 1. The Morgan fingerprint density at radius 2 is 2.07 bits per heavy atom. The molecular formula is C12H20BrNO. The molecule has 0 bridgehead atoms. The smallest absolute Gasteiger partial charge is 0.220 e. The maximum absolute atomic E-state index is 11.5. The lowest BCUT2D eigenvalue weighted by atomic mass is 10.0. The molecule has 0 heterocycles. The van der Waals surface area contributed by atoms with Gasteiger partial charge in [-0.15, -0.1) is 0 Å². The van der Waals surface area contributed by atoms with Gasteiger partial charge < -0.3 is 5.32 Å². The molecule has 0 unspecified atom stereocenters. The summed E-state index contributed by atoms with van der Waals surface area (Å²) in [6.07, 6.45) is 8.30. The largest absolute Gasteiger partial charge is 0.356 e. The summed E-state index contributed by atoms with van der Waals surface area (Å²) in [5.41, 5.74) is 0.547. The number of carbonyl (C=O) groups excluding carboxylic acids is 1. The van der Waals surface area contributed by atoms with Crippen LogP contribution >= 0.6 is 15.9 Å². The van der Waals surface area contributed by atoms with E-state index in [0.717, 1.165) is 30.6 Å². The molecule has 0 spiro atoms. The third-order valence-electron chi connectivity index (χ3n) is 3.76. The summed E-state index contributed by atoms with van der Waals surface area (Å²) in [7, 11) is 0. The van der Waals surface area contributed by atoms with Gasteiger partial charge in [0, 0.05) is 18.3 Å². The van der Waals surface area contributed by atoms with Crippen molar-refractivity contribution in [3.05, 3.63) is 0 Å². The van der Waals surface area contributed by atoms with Gasteiger partial charge in [-0.3, -0.25) is 4.79 Å². The summed E-state index contributed by atoms with van der Waals surface area (Å²) in [5, 5.41) is 4.12. The van der Waals surface area contributed by atoms with E-state index in [1.165, 1.54) is 25.7 Å². The lowest BCUT2D eigenvalue weighted by Gasteiger charge is -2.14. The molecule has 2 rings (SSSR count). The number of unbranched alkanes of at least 4 members (excludes halogenated alkanes) is 1. The summed E-state index contributed by atoms with van der Waals surface area (Å²) >= 11 is 3.38. The highest BCUT2D eigenvalue weighted by atomic mass is 79.9. The average molecular weight is 274 g/mol. The van der Waals surface area contributed by atoms with E-state index >= 15 is 0 Å². The van der Waals surface area contributed by atoms with E-state index in [-0.39, 0.29) is 5.91 Å². The van der Waals surface area contributed by atoms with Crippen molar-refractivity contribution in [2.45, 2.75) is 44.9 Å². The first-order valence-corrected chi connectivity index (χ1v) is 7.22. The van der Waals surface area contributed by atoms with Gasteiger partial charge in [-0.1, -0.05) is 15.9 Å². The van der Waals surface area contributed by atoms with Gasteiger partial charge in [0.1, 0.15) is 0 Å². The van der Waals surface area contributed by atoms with Gasteiger partial charge in [0.15, 0.2) is 0 Å². The maximum Gasteiger partial charge on any atom is 0.220 e. The molecule has 3 heteroatoms. The zero-order chi connectivity index (χ0) is 10.7.